The van der Waals surface area contributed by atoms with E-state index in [1.807, 2.05) is 27.7 Å². The van der Waals surface area contributed by atoms with Crippen molar-refractivity contribution in [2.45, 2.75) is 45.8 Å². The molecule has 1 fully saturated rings. The quantitative estimate of drug-likeness (QED) is 0.656. The zero-order valence-corrected chi connectivity index (χ0v) is 14.8. The molecule has 0 saturated carbocycles. The normalized spacial score (nSPS) is 19.4. The molecular weight excluding hydrogens is 310 g/mol. The lowest BCUT2D eigenvalue weighted by molar-refractivity contribution is -0.118. The summed E-state index contributed by atoms with van der Waals surface area (Å²) in [6.45, 7) is 9.46. The van der Waals surface area contributed by atoms with Gasteiger partial charge in [-0.1, -0.05) is 6.08 Å². The molecule has 3 N–H and O–H groups in total. The molecule has 1 amide bonds. The third-order valence-corrected chi connectivity index (χ3v) is 4.39. The summed E-state index contributed by atoms with van der Waals surface area (Å²) in [5.41, 5.74) is 6.29. The van der Waals surface area contributed by atoms with Gasteiger partial charge in [0, 0.05) is 19.2 Å². The Morgan fingerprint density at radius 3 is 2.33 bits per heavy atom. The monoisotopic (exact) mass is 334 g/mol. The third kappa shape index (κ3) is 4.16. The second-order valence-electron chi connectivity index (χ2n) is 7.04. The molecule has 2 rings (SSSR count). The van der Waals surface area contributed by atoms with Gasteiger partial charge in [0.2, 0.25) is 5.91 Å². The Labute approximate surface area is 142 Å². The van der Waals surface area contributed by atoms with Crippen LogP contribution in [0.1, 0.15) is 40.2 Å². The first-order valence-corrected chi connectivity index (χ1v) is 7.87. The van der Waals surface area contributed by atoms with Gasteiger partial charge in [-0.25, -0.2) is 4.39 Å². The van der Waals surface area contributed by atoms with Crippen molar-refractivity contribution in [1.82, 2.24) is 5.32 Å². The van der Waals surface area contributed by atoms with Crippen LogP contribution in [0.15, 0.2) is 23.7 Å². The molecule has 0 spiro atoms. The predicted molar refractivity (Wildman–Crippen MR) is 93.6 cm³/mol. The van der Waals surface area contributed by atoms with E-state index in [2.05, 4.69) is 5.32 Å². The van der Waals surface area contributed by atoms with Crippen LogP contribution in [0.3, 0.4) is 0 Å². The molecule has 0 radical (unpaired) electrons. The lowest BCUT2D eigenvalue weighted by Gasteiger charge is -2.32. The van der Waals surface area contributed by atoms with Crippen LogP contribution < -0.4 is 11.1 Å². The minimum atomic E-state index is -0.633. The highest BCUT2D eigenvalue weighted by atomic mass is 19.1. The number of nitrogens with one attached hydrogen (secondary N) is 1. The summed E-state index contributed by atoms with van der Waals surface area (Å²) in [6.07, 6.45) is 1.73. The largest absolute Gasteiger partial charge is 0.492 e. The molecule has 0 unspecified atom stereocenters. The molecule has 24 heavy (non-hydrogen) atoms. The van der Waals surface area contributed by atoms with E-state index in [0.29, 0.717) is 16.7 Å². The van der Waals surface area contributed by atoms with Crippen LogP contribution >= 0.6 is 0 Å². The van der Waals surface area contributed by atoms with Crippen molar-refractivity contribution in [1.29, 1.82) is 0 Å². The average molecular weight is 334 g/mol. The molecule has 1 heterocycles. The molecule has 1 aromatic carbocycles. The number of benzene rings is 1. The lowest BCUT2D eigenvalue weighted by atomic mass is 9.77. The Morgan fingerprint density at radius 1 is 1.25 bits per heavy atom. The number of amides is 1. The molecule has 1 aliphatic heterocycles. The summed E-state index contributed by atoms with van der Waals surface area (Å²) in [5, 5.41) is 2.73. The van der Waals surface area contributed by atoms with Crippen LogP contribution in [0.25, 0.3) is 6.08 Å². The molecule has 0 aromatic heterocycles. The molecular formula is C17H24BFN2O3. The van der Waals surface area contributed by atoms with Gasteiger partial charge in [-0.3, -0.25) is 4.79 Å². The van der Waals surface area contributed by atoms with Gasteiger partial charge in [-0.2, -0.15) is 0 Å². The fourth-order valence-electron chi connectivity index (χ4n) is 2.36. The van der Waals surface area contributed by atoms with E-state index >= 15 is 0 Å². The van der Waals surface area contributed by atoms with Crippen LogP contribution in [0, 0.1) is 5.82 Å². The molecule has 0 aliphatic carbocycles. The maximum Gasteiger partial charge on any atom is 0.492 e. The van der Waals surface area contributed by atoms with Crippen molar-refractivity contribution >= 4 is 24.8 Å². The van der Waals surface area contributed by atoms with E-state index < -0.39 is 24.1 Å². The maximum atomic E-state index is 13.6. The Hall–Kier alpha value is -1.86. The molecule has 7 heteroatoms. The number of carbonyl (C=O) groups excluding carboxylic acids is 1. The fourth-order valence-corrected chi connectivity index (χ4v) is 2.36. The van der Waals surface area contributed by atoms with E-state index in [1.165, 1.54) is 19.1 Å². The maximum absolute atomic E-state index is 13.6. The summed E-state index contributed by atoms with van der Waals surface area (Å²) in [5.74, 6) is -0.592. The standard InChI is InChI=1S/C17H24BFN2O3/c1-11(22)21-10-13(6-12-7-14(19)9-15(20)8-12)18-23-16(2,3)17(4,5)24-18/h6-9H,10,20H2,1-5H3,(H,21,22). The second-order valence-corrected chi connectivity index (χ2v) is 7.04. The zero-order valence-electron chi connectivity index (χ0n) is 14.8. The zero-order chi connectivity index (χ0) is 18.1. The SMILES string of the molecule is CC(=O)NCC(=Cc1cc(N)cc(F)c1)B1OC(C)(C)C(C)(C)O1. The smallest absolute Gasteiger partial charge is 0.400 e. The number of carbonyl (C=O) groups is 1. The lowest BCUT2D eigenvalue weighted by Crippen LogP contribution is -2.41. The number of nitrogen functional groups attached to an aromatic ring is 1. The fraction of sp³-hybridized carbons (Fsp3) is 0.471. The summed E-state index contributed by atoms with van der Waals surface area (Å²) in [6, 6.07) is 4.27. The van der Waals surface area contributed by atoms with Crippen molar-refractivity contribution < 1.29 is 18.5 Å². The van der Waals surface area contributed by atoms with Gasteiger partial charge in [0.05, 0.1) is 11.2 Å². The summed E-state index contributed by atoms with van der Waals surface area (Å²) >= 11 is 0. The van der Waals surface area contributed by atoms with Crippen molar-refractivity contribution in [2.75, 3.05) is 12.3 Å². The van der Waals surface area contributed by atoms with Crippen LogP contribution in [0.2, 0.25) is 0 Å². The van der Waals surface area contributed by atoms with E-state index in [9.17, 15) is 9.18 Å². The molecule has 1 saturated heterocycles. The Morgan fingerprint density at radius 2 is 1.83 bits per heavy atom. The van der Waals surface area contributed by atoms with Gasteiger partial charge in [-0.05, 0) is 56.9 Å². The van der Waals surface area contributed by atoms with E-state index in [0.717, 1.165) is 0 Å². The molecule has 1 aliphatic rings. The topological polar surface area (TPSA) is 73.6 Å². The first-order chi connectivity index (χ1) is 11.0. The van der Waals surface area contributed by atoms with Crippen LogP contribution in [-0.4, -0.2) is 30.8 Å². The second kappa shape index (κ2) is 6.57. The van der Waals surface area contributed by atoms with Crippen molar-refractivity contribution in [3.8, 4) is 0 Å². The van der Waals surface area contributed by atoms with Gasteiger partial charge in [0.25, 0.3) is 0 Å². The van der Waals surface area contributed by atoms with Crippen LogP contribution in [0.4, 0.5) is 10.1 Å². The van der Waals surface area contributed by atoms with E-state index in [4.69, 9.17) is 15.0 Å². The van der Waals surface area contributed by atoms with Gasteiger partial charge in [-0.15, -0.1) is 0 Å². The van der Waals surface area contributed by atoms with Gasteiger partial charge in [0.15, 0.2) is 0 Å². The first kappa shape index (κ1) is 18.5. The number of rotatable bonds is 4. The Balaban J connectivity index is 2.35. The Bertz CT molecular complexity index is 638. The minimum Gasteiger partial charge on any atom is -0.400 e. The van der Waals surface area contributed by atoms with E-state index in [1.54, 1.807) is 12.1 Å². The highest BCUT2D eigenvalue weighted by Crippen LogP contribution is 2.38. The minimum absolute atomic E-state index is 0.170. The Kier molecular flexibility index (Phi) is 5.06. The summed E-state index contributed by atoms with van der Waals surface area (Å²) in [4.78, 5) is 11.3. The highest BCUT2D eigenvalue weighted by Gasteiger charge is 2.52. The molecule has 5 nitrogen and oxygen atoms in total. The third-order valence-electron chi connectivity index (χ3n) is 4.39. The molecule has 0 bridgehead atoms. The number of hydrogen-bond donors (Lipinski definition) is 2. The molecule has 1 aromatic rings. The summed E-state index contributed by atoms with van der Waals surface area (Å²) in [7, 11) is -0.633. The van der Waals surface area contributed by atoms with Gasteiger partial charge >= 0.3 is 7.12 Å². The predicted octanol–water partition coefficient (Wildman–Crippen LogP) is 2.56. The molecule has 0 atom stereocenters. The first-order valence-electron chi connectivity index (χ1n) is 7.87. The van der Waals surface area contributed by atoms with Crippen molar-refractivity contribution in [3.63, 3.8) is 0 Å². The van der Waals surface area contributed by atoms with Crippen LogP contribution in [0.5, 0.6) is 0 Å². The highest BCUT2D eigenvalue weighted by molar-refractivity contribution is 6.56. The number of halogens is 1. The van der Waals surface area contributed by atoms with E-state index in [-0.39, 0.29) is 12.5 Å². The number of anilines is 1. The van der Waals surface area contributed by atoms with Gasteiger partial charge in [0.1, 0.15) is 5.82 Å². The van der Waals surface area contributed by atoms with Gasteiger partial charge < -0.3 is 20.4 Å². The van der Waals surface area contributed by atoms with Crippen molar-refractivity contribution in [2.24, 2.45) is 0 Å². The number of hydrogen-bond acceptors (Lipinski definition) is 4. The molecule has 130 valence electrons. The average Bonchev–Trinajstić information content (AvgIpc) is 2.62. The van der Waals surface area contributed by atoms with Crippen LogP contribution in [-0.2, 0) is 14.1 Å². The summed E-state index contributed by atoms with van der Waals surface area (Å²) < 4.78 is 25.6. The number of nitrogens with two attached hydrogens (primary N) is 1. The van der Waals surface area contributed by atoms with Crippen molar-refractivity contribution in [3.05, 3.63) is 35.1 Å².